The SMILES string of the molecule is CC1CC/C(=C/N(C)C)C1=O. The number of Topliss-reactive ketones (excluding diaryl/α,β-unsaturated/α-hetero) is 1. The Morgan fingerprint density at radius 3 is 2.55 bits per heavy atom. The van der Waals surface area contributed by atoms with Crippen LogP contribution in [0.5, 0.6) is 0 Å². The average molecular weight is 153 g/mol. The van der Waals surface area contributed by atoms with Gasteiger partial charge in [0.15, 0.2) is 5.78 Å². The third kappa shape index (κ3) is 1.82. The van der Waals surface area contributed by atoms with Crippen LogP contribution in [0, 0.1) is 5.92 Å². The normalized spacial score (nSPS) is 28.1. The van der Waals surface area contributed by atoms with Crippen molar-refractivity contribution >= 4 is 5.78 Å². The van der Waals surface area contributed by atoms with Crippen molar-refractivity contribution in [2.24, 2.45) is 5.92 Å². The minimum absolute atomic E-state index is 0.251. The first-order valence-electron chi connectivity index (χ1n) is 4.02. The molecule has 11 heavy (non-hydrogen) atoms. The molecule has 1 rings (SSSR count). The molecule has 0 saturated heterocycles. The summed E-state index contributed by atoms with van der Waals surface area (Å²) in [6.45, 7) is 2.00. The average Bonchev–Trinajstić information content (AvgIpc) is 2.18. The van der Waals surface area contributed by atoms with Gasteiger partial charge >= 0.3 is 0 Å². The van der Waals surface area contributed by atoms with Crippen molar-refractivity contribution in [3.8, 4) is 0 Å². The number of hydrogen-bond donors (Lipinski definition) is 0. The molecule has 62 valence electrons. The van der Waals surface area contributed by atoms with Crippen molar-refractivity contribution in [2.75, 3.05) is 14.1 Å². The summed E-state index contributed by atoms with van der Waals surface area (Å²) in [6.07, 6.45) is 3.92. The van der Waals surface area contributed by atoms with Crippen molar-refractivity contribution in [1.82, 2.24) is 4.90 Å². The molecule has 0 amide bonds. The van der Waals surface area contributed by atoms with Crippen LogP contribution >= 0.6 is 0 Å². The van der Waals surface area contributed by atoms with E-state index >= 15 is 0 Å². The summed E-state index contributed by atoms with van der Waals surface area (Å²) < 4.78 is 0. The standard InChI is InChI=1S/C9H15NO/c1-7-4-5-8(9(7)11)6-10(2)3/h6-7H,4-5H2,1-3H3/b8-6-. The van der Waals surface area contributed by atoms with E-state index in [0.717, 1.165) is 18.4 Å². The first-order chi connectivity index (χ1) is 5.11. The Balaban J connectivity index is 2.69. The van der Waals surface area contributed by atoms with Crippen LogP contribution in [0.25, 0.3) is 0 Å². The minimum atomic E-state index is 0.251. The number of rotatable bonds is 1. The molecule has 2 nitrogen and oxygen atoms in total. The fourth-order valence-corrected chi connectivity index (χ4v) is 1.38. The molecule has 0 bridgehead atoms. The molecule has 1 aliphatic carbocycles. The van der Waals surface area contributed by atoms with Crippen molar-refractivity contribution in [3.05, 3.63) is 11.8 Å². The summed E-state index contributed by atoms with van der Waals surface area (Å²) in [6, 6.07) is 0. The summed E-state index contributed by atoms with van der Waals surface area (Å²) >= 11 is 0. The van der Waals surface area contributed by atoms with E-state index in [9.17, 15) is 4.79 Å². The summed E-state index contributed by atoms with van der Waals surface area (Å²) in [7, 11) is 3.90. The highest BCUT2D eigenvalue weighted by Gasteiger charge is 2.24. The van der Waals surface area contributed by atoms with E-state index < -0.39 is 0 Å². The van der Waals surface area contributed by atoms with Crippen molar-refractivity contribution < 1.29 is 4.79 Å². The van der Waals surface area contributed by atoms with Crippen LogP contribution in [-0.2, 0) is 4.79 Å². The molecule has 1 atom stereocenters. The topological polar surface area (TPSA) is 20.3 Å². The second-order valence-corrected chi connectivity index (χ2v) is 3.42. The Bertz CT molecular complexity index is 194. The van der Waals surface area contributed by atoms with Crippen molar-refractivity contribution in [1.29, 1.82) is 0 Å². The number of carbonyl (C=O) groups excluding carboxylic acids is 1. The number of carbonyl (C=O) groups is 1. The maximum atomic E-state index is 11.3. The number of ketones is 1. The molecule has 0 aliphatic heterocycles. The van der Waals surface area contributed by atoms with E-state index in [1.54, 1.807) is 0 Å². The van der Waals surface area contributed by atoms with Gasteiger partial charge in [-0.3, -0.25) is 4.79 Å². The second-order valence-electron chi connectivity index (χ2n) is 3.42. The van der Waals surface area contributed by atoms with Crippen LogP contribution in [0.4, 0.5) is 0 Å². The molecular weight excluding hydrogens is 138 g/mol. The van der Waals surface area contributed by atoms with Gasteiger partial charge in [0, 0.05) is 31.8 Å². The number of nitrogens with zero attached hydrogens (tertiary/aromatic N) is 1. The van der Waals surface area contributed by atoms with Crippen molar-refractivity contribution in [2.45, 2.75) is 19.8 Å². The van der Waals surface area contributed by atoms with Gasteiger partial charge in [0.1, 0.15) is 0 Å². The maximum Gasteiger partial charge on any atom is 0.163 e. The van der Waals surface area contributed by atoms with Crippen LogP contribution in [0.1, 0.15) is 19.8 Å². The van der Waals surface area contributed by atoms with Gasteiger partial charge in [0.2, 0.25) is 0 Å². The first-order valence-corrected chi connectivity index (χ1v) is 4.02. The Hall–Kier alpha value is -0.790. The molecule has 0 aromatic rings. The highest BCUT2D eigenvalue weighted by molar-refractivity contribution is 5.98. The molecule has 1 aliphatic rings. The van der Waals surface area contributed by atoms with Gasteiger partial charge < -0.3 is 4.90 Å². The lowest BCUT2D eigenvalue weighted by atomic mass is 10.1. The number of allylic oxidation sites excluding steroid dienone is 1. The summed E-state index contributed by atoms with van der Waals surface area (Å²) in [4.78, 5) is 13.3. The molecule has 0 aromatic heterocycles. The van der Waals surface area contributed by atoms with Gasteiger partial charge in [0.25, 0.3) is 0 Å². The molecule has 1 saturated carbocycles. The highest BCUT2D eigenvalue weighted by atomic mass is 16.1. The second kappa shape index (κ2) is 3.07. The molecule has 0 heterocycles. The summed E-state index contributed by atoms with van der Waals surface area (Å²) in [5.41, 5.74) is 0.988. The van der Waals surface area contributed by atoms with Gasteiger partial charge in [-0.05, 0) is 12.8 Å². The lowest BCUT2D eigenvalue weighted by molar-refractivity contribution is -0.117. The monoisotopic (exact) mass is 153 g/mol. The first kappa shape index (κ1) is 8.31. The predicted octanol–water partition coefficient (Wildman–Crippen LogP) is 1.43. The Labute approximate surface area is 67.9 Å². The zero-order chi connectivity index (χ0) is 8.43. The van der Waals surface area contributed by atoms with Crippen molar-refractivity contribution in [3.63, 3.8) is 0 Å². The third-order valence-corrected chi connectivity index (χ3v) is 2.02. The van der Waals surface area contributed by atoms with E-state index in [4.69, 9.17) is 0 Å². The van der Waals surface area contributed by atoms with Gasteiger partial charge in [0.05, 0.1) is 0 Å². The van der Waals surface area contributed by atoms with E-state index in [0.29, 0.717) is 5.78 Å². The summed E-state index contributed by atoms with van der Waals surface area (Å²) in [5, 5.41) is 0. The lowest BCUT2D eigenvalue weighted by Gasteiger charge is -2.05. The van der Waals surface area contributed by atoms with Crippen LogP contribution in [0.3, 0.4) is 0 Å². The fourth-order valence-electron chi connectivity index (χ4n) is 1.38. The Morgan fingerprint density at radius 1 is 1.55 bits per heavy atom. The van der Waals surface area contributed by atoms with Crippen LogP contribution in [0.2, 0.25) is 0 Å². The fraction of sp³-hybridized carbons (Fsp3) is 0.667. The van der Waals surface area contributed by atoms with E-state index in [-0.39, 0.29) is 5.92 Å². The van der Waals surface area contributed by atoms with Crippen LogP contribution in [-0.4, -0.2) is 24.8 Å². The summed E-state index contributed by atoms with van der Waals surface area (Å²) in [5.74, 6) is 0.583. The third-order valence-electron chi connectivity index (χ3n) is 2.02. The van der Waals surface area contributed by atoms with E-state index in [2.05, 4.69) is 0 Å². The lowest BCUT2D eigenvalue weighted by Crippen LogP contribution is -2.08. The van der Waals surface area contributed by atoms with Gasteiger partial charge in [-0.2, -0.15) is 0 Å². The molecule has 0 N–H and O–H groups in total. The van der Waals surface area contributed by atoms with Gasteiger partial charge in [-0.1, -0.05) is 6.92 Å². The largest absolute Gasteiger partial charge is 0.383 e. The van der Waals surface area contributed by atoms with Crippen LogP contribution < -0.4 is 0 Å². The Morgan fingerprint density at radius 2 is 2.18 bits per heavy atom. The predicted molar refractivity (Wildman–Crippen MR) is 45.2 cm³/mol. The maximum absolute atomic E-state index is 11.3. The molecule has 0 aromatic carbocycles. The van der Waals surface area contributed by atoms with Gasteiger partial charge in [-0.25, -0.2) is 0 Å². The quantitative estimate of drug-likeness (QED) is 0.531. The molecule has 0 radical (unpaired) electrons. The zero-order valence-electron chi connectivity index (χ0n) is 7.42. The Kier molecular flexibility index (Phi) is 2.32. The molecule has 1 unspecified atom stereocenters. The molecular formula is C9H15NO. The van der Waals surface area contributed by atoms with E-state index in [1.807, 2.05) is 32.1 Å². The molecule has 2 heteroatoms. The number of hydrogen-bond acceptors (Lipinski definition) is 2. The zero-order valence-corrected chi connectivity index (χ0v) is 7.42. The molecule has 1 fully saturated rings. The van der Waals surface area contributed by atoms with Crippen LogP contribution in [0.15, 0.2) is 11.8 Å². The minimum Gasteiger partial charge on any atom is -0.383 e. The highest BCUT2D eigenvalue weighted by Crippen LogP contribution is 2.25. The smallest absolute Gasteiger partial charge is 0.163 e. The van der Waals surface area contributed by atoms with Gasteiger partial charge in [-0.15, -0.1) is 0 Å². The van der Waals surface area contributed by atoms with E-state index in [1.165, 1.54) is 0 Å². The molecule has 0 spiro atoms.